The lowest BCUT2D eigenvalue weighted by Crippen LogP contribution is -2.33. The quantitative estimate of drug-likeness (QED) is 0.438. The molecule has 102 valence electrons. The minimum atomic E-state index is -0.733. The van der Waals surface area contributed by atoms with Crippen molar-refractivity contribution in [1.29, 1.82) is 0 Å². The van der Waals surface area contributed by atoms with Gasteiger partial charge in [-0.05, 0) is 19.1 Å². The van der Waals surface area contributed by atoms with Gasteiger partial charge in [0.25, 0.3) is 0 Å². The summed E-state index contributed by atoms with van der Waals surface area (Å²) < 4.78 is 13.7. The predicted octanol–water partition coefficient (Wildman–Crippen LogP) is 2.32. The molecule has 18 heavy (non-hydrogen) atoms. The summed E-state index contributed by atoms with van der Waals surface area (Å²) in [6.45, 7) is 6.49. The molecule has 0 aromatic heterocycles. The number of fused-ring (bicyclic) bond motifs is 1. The number of hydrogen-bond acceptors (Lipinski definition) is 4. The van der Waals surface area contributed by atoms with E-state index < -0.39 is 11.7 Å². The molecule has 0 bridgehead atoms. The molecule has 1 unspecified atom stereocenters. The van der Waals surface area contributed by atoms with Gasteiger partial charge in [-0.1, -0.05) is 13.8 Å². The van der Waals surface area contributed by atoms with Crippen molar-refractivity contribution in [2.24, 2.45) is 15.9 Å². The number of thioether (sulfide) groups is 1. The van der Waals surface area contributed by atoms with Crippen molar-refractivity contribution in [2.75, 3.05) is 19.6 Å². The summed E-state index contributed by atoms with van der Waals surface area (Å²) in [5.74, 6) is 0.162. The average Bonchev–Trinajstić information content (AvgIpc) is 2.94. The number of aliphatic imine (C=N–C) groups is 2. The fourth-order valence-electron chi connectivity index (χ4n) is 2.43. The van der Waals surface area contributed by atoms with Crippen LogP contribution in [0.15, 0.2) is 9.98 Å². The minimum absolute atomic E-state index is 0.162. The molecule has 1 aliphatic heterocycles. The van der Waals surface area contributed by atoms with Crippen LogP contribution in [0.3, 0.4) is 0 Å². The highest BCUT2D eigenvalue weighted by Crippen LogP contribution is 2.53. The van der Waals surface area contributed by atoms with Crippen LogP contribution in [0, 0.1) is 5.92 Å². The molecule has 3 nitrogen and oxygen atoms in total. The van der Waals surface area contributed by atoms with Crippen molar-refractivity contribution < 1.29 is 4.39 Å². The normalized spacial score (nSPS) is 34.2. The van der Waals surface area contributed by atoms with E-state index >= 15 is 0 Å². The van der Waals surface area contributed by atoms with Gasteiger partial charge >= 0.3 is 0 Å². The number of rotatable bonds is 7. The standard InChI is InChI=1S/C13H22FN3S/c1-10(2)18-9-16-7-6-15-8-13-11(12(13)14)4-3-5-17-13/h5,9-12,15H,3-4,6-8H2,1-2H3/t11-,12-,13?/m0/s1. The van der Waals surface area contributed by atoms with E-state index in [1.54, 1.807) is 11.8 Å². The first-order valence-electron chi connectivity index (χ1n) is 6.69. The van der Waals surface area contributed by atoms with Crippen molar-refractivity contribution in [2.45, 2.75) is 43.6 Å². The van der Waals surface area contributed by atoms with Gasteiger partial charge in [-0.25, -0.2) is 4.39 Å². The molecule has 2 rings (SSSR count). The Bertz CT molecular complexity index is 332. The van der Waals surface area contributed by atoms with Gasteiger partial charge in [-0.3, -0.25) is 9.98 Å². The largest absolute Gasteiger partial charge is 0.312 e. The maximum atomic E-state index is 13.7. The molecule has 0 spiro atoms. The van der Waals surface area contributed by atoms with Crippen molar-refractivity contribution in [1.82, 2.24) is 5.32 Å². The van der Waals surface area contributed by atoms with Gasteiger partial charge in [0.15, 0.2) is 0 Å². The van der Waals surface area contributed by atoms with Crippen molar-refractivity contribution >= 4 is 23.5 Å². The molecular formula is C13H22FN3S. The van der Waals surface area contributed by atoms with E-state index in [0.717, 1.165) is 25.9 Å². The third-order valence-electron chi connectivity index (χ3n) is 3.54. The molecule has 5 heteroatoms. The Kier molecular flexibility index (Phi) is 4.78. The molecule has 2 aliphatic rings. The fraction of sp³-hybridized carbons (Fsp3) is 0.846. The van der Waals surface area contributed by atoms with Gasteiger partial charge in [0.2, 0.25) is 0 Å². The highest BCUT2D eigenvalue weighted by Gasteiger charge is 2.66. The first-order valence-corrected chi connectivity index (χ1v) is 7.63. The fourth-order valence-corrected chi connectivity index (χ4v) is 2.86. The van der Waals surface area contributed by atoms with E-state index in [4.69, 9.17) is 0 Å². The van der Waals surface area contributed by atoms with Crippen LogP contribution in [0.25, 0.3) is 0 Å². The Morgan fingerprint density at radius 3 is 3.22 bits per heavy atom. The number of nitrogens with one attached hydrogen (secondary N) is 1. The van der Waals surface area contributed by atoms with Gasteiger partial charge in [-0.2, -0.15) is 0 Å². The summed E-state index contributed by atoms with van der Waals surface area (Å²) in [4.78, 5) is 8.66. The Balaban J connectivity index is 1.60. The lowest BCUT2D eigenvalue weighted by atomic mass is 10.1. The lowest BCUT2D eigenvalue weighted by molar-refractivity contribution is 0.407. The third kappa shape index (κ3) is 3.12. The van der Waals surface area contributed by atoms with Crippen LogP contribution in [0.4, 0.5) is 4.39 Å². The second-order valence-electron chi connectivity index (χ2n) is 5.26. The van der Waals surface area contributed by atoms with Crippen molar-refractivity contribution in [3.63, 3.8) is 0 Å². The van der Waals surface area contributed by atoms with Crippen molar-refractivity contribution in [3.05, 3.63) is 0 Å². The van der Waals surface area contributed by atoms with Crippen molar-refractivity contribution in [3.8, 4) is 0 Å². The highest BCUT2D eigenvalue weighted by atomic mass is 32.2. The molecular weight excluding hydrogens is 249 g/mol. The summed E-state index contributed by atoms with van der Waals surface area (Å²) in [7, 11) is 0. The van der Waals surface area contributed by atoms with E-state index in [2.05, 4.69) is 29.1 Å². The molecule has 0 amide bonds. The van der Waals surface area contributed by atoms with E-state index in [0.29, 0.717) is 11.8 Å². The van der Waals surface area contributed by atoms with Gasteiger partial charge in [-0.15, -0.1) is 11.8 Å². The van der Waals surface area contributed by atoms with Crippen LogP contribution in [0.5, 0.6) is 0 Å². The number of halogens is 1. The second kappa shape index (κ2) is 6.15. The molecule has 3 atom stereocenters. The van der Waals surface area contributed by atoms with Gasteiger partial charge in [0.1, 0.15) is 11.7 Å². The van der Waals surface area contributed by atoms with Crippen LogP contribution in [0.2, 0.25) is 0 Å². The molecule has 1 heterocycles. The van der Waals surface area contributed by atoms with E-state index in [1.165, 1.54) is 0 Å². The van der Waals surface area contributed by atoms with Crippen LogP contribution in [0.1, 0.15) is 26.7 Å². The molecule has 1 saturated carbocycles. The minimum Gasteiger partial charge on any atom is -0.312 e. The van der Waals surface area contributed by atoms with Crippen LogP contribution >= 0.6 is 11.8 Å². The first-order chi connectivity index (χ1) is 8.67. The van der Waals surface area contributed by atoms with Gasteiger partial charge in [0, 0.05) is 24.3 Å². The molecule has 1 fully saturated rings. The Labute approximate surface area is 113 Å². The van der Waals surface area contributed by atoms with Gasteiger partial charge < -0.3 is 5.32 Å². The lowest BCUT2D eigenvalue weighted by Gasteiger charge is -2.15. The third-order valence-corrected chi connectivity index (χ3v) is 4.35. The summed E-state index contributed by atoms with van der Waals surface area (Å²) >= 11 is 1.72. The Hall–Kier alpha value is -0.420. The average molecular weight is 271 g/mol. The van der Waals surface area contributed by atoms with Crippen LogP contribution in [-0.2, 0) is 0 Å². The zero-order valence-corrected chi connectivity index (χ0v) is 11.9. The molecule has 0 saturated heterocycles. The Morgan fingerprint density at radius 2 is 2.50 bits per heavy atom. The summed E-state index contributed by atoms with van der Waals surface area (Å²) in [6, 6.07) is 0. The maximum absolute atomic E-state index is 13.7. The van der Waals surface area contributed by atoms with E-state index in [9.17, 15) is 4.39 Å². The summed E-state index contributed by atoms with van der Waals surface area (Å²) in [5.41, 5.74) is 1.48. The molecule has 0 aromatic rings. The molecule has 0 aromatic carbocycles. The molecule has 1 N–H and O–H groups in total. The van der Waals surface area contributed by atoms with E-state index in [-0.39, 0.29) is 5.92 Å². The smallest absolute Gasteiger partial charge is 0.132 e. The SMILES string of the molecule is CC(C)SC=NCCNCC12N=CCC[C@H]1[C@@H]2F. The first kappa shape index (κ1) is 14.0. The monoisotopic (exact) mass is 271 g/mol. The van der Waals surface area contributed by atoms with Crippen LogP contribution in [-0.4, -0.2) is 48.4 Å². The zero-order valence-electron chi connectivity index (χ0n) is 11.1. The van der Waals surface area contributed by atoms with Crippen LogP contribution < -0.4 is 5.32 Å². The highest BCUT2D eigenvalue weighted by molar-refractivity contribution is 8.12. The van der Waals surface area contributed by atoms with Gasteiger partial charge in [0.05, 0.1) is 12.1 Å². The second-order valence-corrected chi connectivity index (χ2v) is 6.69. The molecule has 1 aliphatic carbocycles. The summed E-state index contributed by atoms with van der Waals surface area (Å²) in [5, 5.41) is 3.86. The Morgan fingerprint density at radius 1 is 1.67 bits per heavy atom. The maximum Gasteiger partial charge on any atom is 0.132 e. The predicted molar refractivity (Wildman–Crippen MR) is 77.8 cm³/mol. The van der Waals surface area contributed by atoms with E-state index in [1.807, 2.05) is 11.8 Å². The molecule has 0 radical (unpaired) electrons. The zero-order chi connectivity index (χ0) is 13.0. The topological polar surface area (TPSA) is 36.8 Å². The summed E-state index contributed by atoms with van der Waals surface area (Å²) in [6.07, 6.45) is 3.04. The number of hydrogen-bond donors (Lipinski definition) is 1. The number of alkyl halides is 1. The number of nitrogens with zero attached hydrogens (tertiary/aromatic N) is 2.